The van der Waals surface area contributed by atoms with Crippen LogP contribution in [0, 0.1) is 0 Å². The van der Waals surface area contributed by atoms with Gasteiger partial charge in [0.1, 0.15) is 11.3 Å². The second-order valence-electron chi connectivity index (χ2n) is 7.22. The number of nitrogens with one attached hydrogen (secondary N) is 1. The van der Waals surface area contributed by atoms with E-state index in [0.717, 1.165) is 21.7 Å². The Bertz CT molecular complexity index is 1320. The van der Waals surface area contributed by atoms with E-state index in [0.29, 0.717) is 5.02 Å². The molecule has 0 spiro atoms. The molecule has 174 valence electrons. The highest BCUT2D eigenvalue weighted by molar-refractivity contribution is 7.80. The lowest BCUT2D eigenvalue weighted by molar-refractivity contribution is -0.137. The zero-order chi connectivity index (χ0) is 24.6. The second kappa shape index (κ2) is 8.96. The SMILES string of the molecule is Cn1cc(C(F)(F)F)c(C=C2C(=O)NC(=S)N(c3ccc(Cl)cc3)C2=O)c1Oc1ccccc1. The molecule has 0 aliphatic carbocycles. The maximum atomic E-state index is 13.8. The highest BCUT2D eigenvalue weighted by Gasteiger charge is 2.39. The number of nitrogens with zero attached hydrogens (tertiary/aromatic N) is 2. The molecular formula is C23H15ClF3N3O3S. The van der Waals surface area contributed by atoms with Gasteiger partial charge in [-0.2, -0.15) is 13.2 Å². The van der Waals surface area contributed by atoms with Gasteiger partial charge in [-0.15, -0.1) is 0 Å². The summed E-state index contributed by atoms with van der Waals surface area (Å²) in [4.78, 5) is 26.9. The van der Waals surface area contributed by atoms with Gasteiger partial charge >= 0.3 is 6.18 Å². The number of carbonyl (C=O) groups excluding carboxylic acids is 2. The van der Waals surface area contributed by atoms with Gasteiger partial charge in [-0.1, -0.05) is 29.8 Å². The van der Waals surface area contributed by atoms with Crippen molar-refractivity contribution in [2.24, 2.45) is 7.05 Å². The molecule has 2 heterocycles. The lowest BCUT2D eigenvalue weighted by Gasteiger charge is -2.29. The molecule has 1 aliphatic heterocycles. The molecule has 3 aromatic rings. The van der Waals surface area contributed by atoms with Gasteiger partial charge in [-0.25, -0.2) is 0 Å². The summed E-state index contributed by atoms with van der Waals surface area (Å²) in [6.07, 6.45) is -3.08. The molecule has 1 aromatic heterocycles. The van der Waals surface area contributed by atoms with Crippen LogP contribution >= 0.6 is 23.8 Å². The number of ether oxygens (including phenoxy) is 1. The minimum Gasteiger partial charge on any atom is -0.440 e. The Morgan fingerprint density at radius 2 is 1.71 bits per heavy atom. The van der Waals surface area contributed by atoms with Crippen LogP contribution in [0.15, 0.2) is 66.4 Å². The Morgan fingerprint density at radius 3 is 2.32 bits per heavy atom. The number of halogens is 4. The van der Waals surface area contributed by atoms with Gasteiger partial charge in [-0.05, 0) is 54.7 Å². The van der Waals surface area contributed by atoms with Crippen LogP contribution in [0.3, 0.4) is 0 Å². The van der Waals surface area contributed by atoms with Crippen LogP contribution in [0.1, 0.15) is 11.1 Å². The molecule has 1 aliphatic rings. The monoisotopic (exact) mass is 505 g/mol. The van der Waals surface area contributed by atoms with Gasteiger partial charge in [0.15, 0.2) is 5.11 Å². The number of rotatable bonds is 4. The van der Waals surface area contributed by atoms with Crippen LogP contribution in [0.2, 0.25) is 5.02 Å². The molecule has 34 heavy (non-hydrogen) atoms. The van der Waals surface area contributed by atoms with Crippen molar-refractivity contribution in [1.82, 2.24) is 9.88 Å². The van der Waals surface area contributed by atoms with Crippen molar-refractivity contribution in [3.63, 3.8) is 0 Å². The topological polar surface area (TPSA) is 63.6 Å². The van der Waals surface area contributed by atoms with E-state index < -0.39 is 34.7 Å². The first-order valence-electron chi connectivity index (χ1n) is 9.72. The largest absolute Gasteiger partial charge is 0.440 e. The van der Waals surface area contributed by atoms with Gasteiger partial charge in [0, 0.05) is 23.8 Å². The first-order chi connectivity index (χ1) is 16.1. The number of thiocarbonyl (C=S) groups is 1. The van der Waals surface area contributed by atoms with Crippen molar-refractivity contribution in [2.45, 2.75) is 6.18 Å². The summed E-state index contributed by atoms with van der Waals surface area (Å²) < 4.78 is 48.4. The Morgan fingerprint density at radius 1 is 1.06 bits per heavy atom. The molecule has 11 heteroatoms. The van der Waals surface area contributed by atoms with E-state index in [1.807, 2.05) is 0 Å². The number of anilines is 1. The van der Waals surface area contributed by atoms with Crippen molar-refractivity contribution in [1.29, 1.82) is 0 Å². The maximum absolute atomic E-state index is 13.8. The Balaban J connectivity index is 1.84. The number of benzene rings is 2. The van der Waals surface area contributed by atoms with Gasteiger partial charge in [-0.3, -0.25) is 19.8 Å². The van der Waals surface area contributed by atoms with Crippen LogP contribution in [0.5, 0.6) is 11.6 Å². The normalized spacial score (nSPS) is 15.6. The number of hydrogen-bond acceptors (Lipinski definition) is 4. The second-order valence-corrected chi connectivity index (χ2v) is 8.04. The predicted molar refractivity (Wildman–Crippen MR) is 125 cm³/mol. The molecule has 1 N–H and O–H groups in total. The molecule has 2 amide bonds. The number of amides is 2. The summed E-state index contributed by atoms with van der Waals surface area (Å²) in [6.45, 7) is 0. The van der Waals surface area contributed by atoms with Crippen LogP contribution in [0.25, 0.3) is 6.08 Å². The molecule has 0 bridgehead atoms. The average molecular weight is 506 g/mol. The van der Waals surface area contributed by atoms with Gasteiger partial charge in [0.2, 0.25) is 5.88 Å². The average Bonchev–Trinajstić information content (AvgIpc) is 3.08. The predicted octanol–water partition coefficient (Wildman–Crippen LogP) is 5.32. The molecule has 1 fully saturated rings. The van der Waals surface area contributed by atoms with Crippen molar-refractivity contribution in [3.8, 4) is 11.6 Å². The highest BCUT2D eigenvalue weighted by atomic mass is 35.5. The Hall–Kier alpha value is -3.63. The lowest BCUT2D eigenvalue weighted by atomic mass is 10.1. The third kappa shape index (κ3) is 4.55. The fraction of sp³-hybridized carbons (Fsp3) is 0.0870. The summed E-state index contributed by atoms with van der Waals surface area (Å²) in [5.74, 6) is -1.74. The Labute approximate surface area is 202 Å². The molecule has 2 aromatic carbocycles. The zero-order valence-electron chi connectivity index (χ0n) is 17.4. The fourth-order valence-corrected chi connectivity index (χ4v) is 3.75. The van der Waals surface area contributed by atoms with E-state index in [1.54, 1.807) is 30.3 Å². The number of para-hydroxylation sites is 1. The Kier molecular flexibility index (Phi) is 6.20. The van der Waals surface area contributed by atoms with Crippen molar-refractivity contribution < 1.29 is 27.5 Å². The number of aromatic nitrogens is 1. The minimum absolute atomic E-state index is 0.196. The van der Waals surface area contributed by atoms with Crippen molar-refractivity contribution >= 4 is 52.5 Å². The standard InChI is InChI=1S/C23H15ClF3N3O3S/c1-29-12-18(23(25,26)27)16(21(29)33-15-5-3-2-4-6-15)11-17-19(31)28-22(34)30(20(17)32)14-9-7-13(24)8-10-14/h2-12H,1H3,(H,28,31,34). The lowest BCUT2D eigenvalue weighted by Crippen LogP contribution is -2.54. The van der Waals surface area contributed by atoms with Crippen molar-refractivity contribution in [2.75, 3.05) is 4.90 Å². The van der Waals surface area contributed by atoms with Crippen LogP contribution in [-0.4, -0.2) is 21.5 Å². The first kappa shape index (κ1) is 23.5. The molecule has 0 radical (unpaired) electrons. The highest BCUT2D eigenvalue weighted by Crippen LogP contribution is 2.40. The summed E-state index contributed by atoms with van der Waals surface area (Å²) in [5.41, 5.74) is -1.80. The number of carbonyl (C=O) groups is 2. The summed E-state index contributed by atoms with van der Waals surface area (Å²) in [7, 11) is 1.37. The van der Waals surface area contributed by atoms with Crippen molar-refractivity contribution in [3.05, 3.63) is 82.5 Å². The van der Waals surface area contributed by atoms with E-state index in [4.69, 9.17) is 28.6 Å². The fourth-order valence-electron chi connectivity index (χ4n) is 3.35. The molecular weight excluding hydrogens is 491 g/mol. The quantitative estimate of drug-likeness (QED) is 0.296. The smallest absolute Gasteiger partial charge is 0.418 e. The molecule has 6 nitrogen and oxygen atoms in total. The zero-order valence-corrected chi connectivity index (χ0v) is 19.0. The number of aryl methyl sites for hydroxylation is 1. The third-order valence-electron chi connectivity index (χ3n) is 4.90. The molecule has 1 saturated heterocycles. The maximum Gasteiger partial charge on any atom is 0.418 e. The molecule has 4 rings (SSSR count). The summed E-state index contributed by atoms with van der Waals surface area (Å²) in [5, 5.41) is 2.54. The van der Waals surface area contributed by atoms with E-state index in [9.17, 15) is 22.8 Å². The van der Waals surface area contributed by atoms with Gasteiger partial charge in [0.25, 0.3) is 11.8 Å². The van der Waals surface area contributed by atoms with Crippen LogP contribution in [-0.2, 0) is 22.8 Å². The summed E-state index contributed by atoms with van der Waals surface area (Å²) in [6, 6.07) is 14.2. The van der Waals surface area contributed by atoms with Gasteiger partial charge in [0.05, 0.1) is 11.3 Å². The van der Waals surface area contributed by atoms with E-state index in [2.05, 4.69) is 5.32 Å². The minimum atomic E-state index is -4.78. The molecule has 0 atom stereocenters. The molecule has 0 unspecified atom stereocenters. The number of hydrogen-bond donors (Lipinski definition) is 1. The number of alkyl halides is 3. The van der Waals surface area contributed by atoms with Gasteiger partial charge < -0.3 is 9.30 Å². The molecule has 0 saturated carbocycles. The van der Waals surface area contributed by atoms with Crippen LogP contribution in [0.4, 0.5) is 18.9 Å². The van der Waals surface area contributed by atoms with E-state index >= 15 is 0 Å². The van der Waals surface area contributed by atoms with Crippen LogP contribution < -0.4 is 15.0 Å². The summed E-state index contributed by atoms with van der Waals surface area (Å²) >= 11 is 11.0. The van der Waals surface area contributed by atoms with E-state index in [1.165, 1.54) is 31.3 Å². The third-order valence-corrected chi connectivity index (χ3v) is 5.44. The van der Waals surface area contributed by atoms with E-state index in [-0.39, 0.29) is 22.4 Å². The first-order valence-corrected chi connectivity index (χ1v) is 10.5.